The van der Waals surface area contributed by atoms with Crippen LogP contribution in [0.15, 0.2) is 12.1 Å². The van der Waals surface area contributed by atoms with Crippen LogP contribution in [-0.4, -0.2) is 85.5 Å². The van der Waals surface area contributed by atoms with Gasteiger partial charge in [0.25, 0.3) is 0 Å². The summed E-state index contributed by atoms with van der Waals surface area (Å²) >= 11 is 0. The normalized spacial score (nSPS) is 13.9. The Labute approximate surface area is 220 Å². The molecule has 0 spiro atoms. The van der Waals surface area contributed by atoms with Crippen molar-refractivity contribution in [2.45, 2.75) is 51.5 Å². The summed E-state index contributed by atoms with van der Waals surface area (Å²) in [7, 11) is 3.21. The predicted octanol–water partition coefficient (Wildman–Crippen LogP) is 3.94. The molecule has 0 unspecified atom stereocenters. The molecule has 0 aromatic heterocycles. The smallest absolute Gasteiger partial charge is 0.303 e. The van der Waals surface area contributed by atoms with E-state index < -0.39 is 11.9 Å². The van der Waals surface area contributed by atoms with E-state index in [1.54, 1.807) is 14.2 Å². The Morgan fingerprint density at radius 3 is 2.00 bits per heavy atom. The van der Waals surface area contributed by atoms with Crippen LogP contribution >= 0.6 is 24.8 Å². The maximum absolute atomic E-state index is 10.7. The lowest BCUT2D eigenvalue weighted by Crippen LogP contribution is -2.46. The molecule has 0 aliphatic carbocycles. The quantitative estimate of drug-likeness (QED) is 0.302. The molecular formula is C24H40Cl2N2O7. The molecule has 1 aliphatic heterocycles. The number of nitrogens with zero attached hydrogens (tertiary/aromatic N) is 2. The van der Waals surface area contributed by atoms with Crippen molar-refractivity contribution >= 4 is 36.8 Å². The number of carboxylic acid groups (broad SMARTS) is 2. The lowest BCUT2D eigenvalue weighted by atomic mass is 10.1. The van der Waals surface area contributed by atoms with Gasteiger partial charge in [-0.15, -0.1) is 24.8 Å². The Kier molecular flexibility index (Phi) is 17.3. The number of aliphatic carboxylic acids is 2. The molecule has 9 nitrogen and oxygen atoms in total. The summed E-state index contributed by atoms with van der Waals surface area (Å²) in [5.74, 6) is 0.424. The standard InChI is InChI=1S/C24H38N2O7.2ClH/c1-31-20-11-10-19(18-26-15-13-25(14-16-26)12-7-9-22(29)30)23(24(20)32-2)33-17-6-4-3-5-8-21(27)28;;/h10-11H,3-9,12-18H2,1-2H3,(H,27,28)(H,29,30);2*1H. The number of methoxy groups -OCH3 is 2. The van der Waals surface area contributed by atoms with Gasteiger partial charge in [-0.1, -0.05) is 18.9 Å². The van der Waals surface area contributed by atoms with E-state index in [2.05, 4.69) is 9.80 Å². The molecule has 1 aromatic carbocycles. The Hall–Kier alpha value is -1.94. The molecule has 1 aromatic rings. The number of ether oxygens (including phenoxy) is 3. The van der Waals surface area contributed by atoms with Gasteiger partial charge in [-0.2, -0.15) is 0 Å². The summed E-state index contributed by atoms with van der Waals surface area (Å²) in [6.07, 6.45) is 4.42. The summed E-state index contributed by atoms with van der Waals surface area (Å²) in [4.78, 5) is 26.0. The Bertz CT molecular complexity index is 760. The van der Waals surface area contributed by atoms with Crippen LogP contribution in [0, 0.1) is 0 Å². The van der Waals surface area contributed by atoms with Gasteiger partial charge in [-0.3, -0.25) is 14.5 Å². The molecule has 0 radical (unpaired) electrons. The zero-order chi connectivity index (χ0) is 24.1. The maximum atomic E-state index is 10.7. The summed E-state index contributed by atoms with van der Waals surface area (Å²) in [5, 5.41) is 17.5. The van der Waals surface area contributed by atoms with Gasteiger partial charge >= 0.3 is 11.9 Å². The second-order valence-electron chi connectivity index (χ2n) is 8.31. The summed E-state index contributed by atoms with van der Waals surface area (Å²) < 4.78 is 17.2. The van der Waals surface area contributed by atoms with Crippen LogP contribution in [-0.2, 0) is 16.1 Å². The molecule has 2 N–H and O–H groups in total. The zero-order valence-electron chi connectivity index (χ0n) is 20.7. The van der Waals surface area contributed by atoms with Crippen LogP contribution in [0.25, 0.3) is 0 Å². The van der Waals surface area contributed by atoms with Crippen molar-refractivity contribution in [3.05, 3.63) is 17.7 Å². The van der Waals surface area contributed by atoms with E-state index in [1.807, 2.05) is 12.1 Å². The number of carboxylic acids is 2. The molecule has 0 saturated carbocycles. The van der Waals surface area contributed by atoms with Gasteiger partial charge in [-0.05, 0) is 31.9 Å². The molecule has 0 bridgehead atoms. The lowest BCUT2D eigenvalue weighted by Gasteiger charge is -2.35. The van der Waals surface area contributed by atoms with Gasteiger partial charge in [0.2, 0.25) is 5.75 Å². The topological polar surface area (TPSA) is 109 Å². The average molecular weight is 539 g/mol. The van der Waals surface area contributed by atoms with E-state index in [0.29, 0.717) is 36.7 Å². The molecule has 202 valence electrons. The highest BCUT2D eigenvalue weighted by molar-refractivity contribution is 5.85. The third-order valence-electron chi connectivity index (χ3n) is 5.84. The fourth-order valence-corrected chi connectivity index (χ4v) is 3.99. The largest absolute Gasteiger partial charge is 0.493 e. The first kappa shape index (κ1) is 33.1. The van der Waals surface area contributed by atoms with E-state index >= 15 is 0 Å². The van der Waals surface area contributed by atoms with Gasteiger partial charge in [-0.25, -0.2) is 0 Å². The second-order valence-corrected chi connectivity index (χ2v) is 8.31. The van der Waals surface area contributed by atoms with Crippen molar-refractivity contribution in [1.82, 2.24) is 9.80 Å². The number of carbonyl (C=O) groups is 2. The molecule has 1 heterocycles. The van der Waals surface area contributed by atoms with Gasteiger partial charge in [0, 0.05) is 51.1 Å². The first-order valence-electron chi connectivity index (χ1n) is 11.7. The SMILES string of the molecule is COc1ccc(CN2CCN(CCCC(=O)O)CC2)c(OCCCCCCC(=O)O)c1OC.Cl.Cl. The monoisotopic (exact) mass is 538 g/mol. The maximum Gasteiger partial charge on any atom is 0.303 e. The van der Waals surface area contributed by atoms with Crippen molar-refractivity contribution in [3.63, 3.8) is 0 Å². The van der Waals surface area contributed by atoms with Crippen LogP contribution < -0.4 is 14.2 Å². The number of hydrogen-bond donors (Lipinski definition) is 2. The van der Waals surface area contributed by atoms with Crippen molar-refractivity contribution in [3.8, 4) is 17.2 Å². The highest BCUT2D eigenvalue weighted by Gasteiger charge is 2.21. The lowest BCUT2D eigenvalue weighted by molar-refractivity contribution is -0.138. The molecule has 11 heteroatoms. The fourth-order valence-electron chi connectivity index (χ4n) is 3.99. The van der Waals surface area contributed by atoms with Crippen LogP contribution in [0.1, 0.15) is 50.5 Å². The Balaban J connectivity index is 0.00000578. The van der Waals surface area contributed by atoms with Crippen LogP contribution in [0.5, 0.6) is 17.2 Å². The van der Waals surface area contributed by atoms with E-state index in [4.69, 9.17) is 24.4 Å². The molecule has 1 aliphatic rings. The number of unbranched alkanes of at least 4 members (excludes halogenated alkanes) is 3. The first-order valence-corrected chi connectivity index (χ1v) is 11.7. The molecular weight excluding hydrogens is 499 g/mol. The third-order valence-corrected chi connectivity index (χ3v) is 5.84. The Morgan fingerprint density at radius 1 is 0.800 bits per heavy atom. The van der Waals surface area contributed by atoms with Crippen LogP contribution in [0.4, 0.5) is 0 Å². The number of benzene rings is 1. The van der Waals surface area contributed by atoms with E-state index in [0.717, 1.165) is 64.1 Å². The highest BCUT2D eigenvalue weighted by Crippen LogP contribution is 2.40. The van der Waals surface area contributed by atoms with Crippen molar-refractivity contribution in [1.29, 1.82) is 0 Å². The van der Waals surface area contributed by atoms with Crippen molar-refractivity contribution in [2.75, 3.05) is 53.6 Å². The van der Waals surface area contributed by atoms with Crippen LogP contribution in [0.3, 0.4) is 0 Å². The van der Waals surface area contributed by atoms with Crippen molar-refractivity contribution in [2.24, 2.45) is 0 Å². The molecule has 0 amide bonds. The zero-order valence-corrected chi connectivity index (χ0v) is 22.3. The van der Waals surface area contributed by atoms with Gasteiger partial charge in [0.15, 0.2) is 11.5 Å². The average Bonchev–Trinajstić information content (AvgIpc) is 2.79. The highest BCUT2D eigenvalue weighted by atomic mass is 35.5. The third kappa shape index (κ3) is 12.0. The van der Waals surface area contributed by atoms with Gasteiger partial charge < -0.3 is 29.3 Å². The molecule has 35 heavy (non-hydrogen) atoms. The molecule has 1 saturated heterocycles. The second kappa shape index (κ2) is 18.3. The minimum Gasteiger partial charge on any atom is -0.493 e. The Morgan fingerprint density at radius 2 is 1.40 bits per heavy atom. The van der Waals surface area contributed by atoms with Crippen LogP contribution in [0.2, 0.25) is 0 Å². The molecule has 0 atom stereocenters. The fraction of sp³-hybridized carbons (Fsp3) is 0.667. The first-order chi connectivity index (χ1) is 15.9. The number of halogens is 2. The van der Waals surface area contributed by atoms with E-state index in [-0.39, 0.29) is 37.7 Å². The summed E-state index contributed by atoms with van der Waals surface area (Å²) in [6, 6.07) is 3.91. The summed E-state index contributed by atoms with van der Waals surface area (Å²) in [5.41, 5.74) is 1.04. The predicted molar refractivity (Wildman–Crippen MR) is 139 cm³/mol. The van der Waals surface area contributed by atoms with E-state index in [1.165, 1.54) is 0 Å². The number of piperazine rings is 1. The van der Waals surface area contributed by atoms with Crippen molar-refractivity contribution < 1.29 is 34.0 Å². The van der Waals surface area contributed by atoms with Gasteiger partial charge in [0.05, 0.1) is 20.8 Å². The molecule has 2 rings (SSSR count). The number of rotatable bonds is 16. The number of hydrogen-bond acceptors (Lipinski definition) is 7. The van der Waals surface area contributed by atoms with Gasteiger partial charge in [0.1, 0.15) is 0 Å². The minimum absolute atomic E-state index is 0. The minimum atomic E-state index is -0.752. The summed E-state index contributed by atoms with van der Waals surface area (Å²) in [6.45, 7) is 5.73. The van der Waals surface area contributed by atoms with E-state index in [9.17, 15) is 9.59 Å². The molecule has 1 fully saturated rings.